The molecule has 0 radical (unpaired) electrons. The van der Waals surface area contributed by atoms with Gasteiger partial charge < -0.3 is 14.4 Å². The van der Waals surface area contributed by atoms with Gasteiger partial charge in [0.05, 0.1) is 14.2 Å². The van der Waals surface area contributed by atoms with Crippen LogP contribution in [0.5, 0.6) is 11.5 Å². The summed E-state index contributed by atoms with van der Waals surface area (Å²) in [4.78, 5) is 5.34. The minimum atomic E-state index is 0.678. The highest BCUT2D eigenvalue weighted by Gasteiger charge is 2.28. The van der Waals surface area contributed by atoms with Gasteiger partial charge in [-0.25, -0.2) is 0 Å². The highest BCUT2D eigenvalue weighted by molar-refractivity contribution is 8.03. The van der Waals surface area contributed by atoms with Crippen molar-refractivity contribution >= 4 is 23.5 Å². The molecule has 152 valence electrons. The number of piperidine rings is 1. The van der Waals surface area contributed by atoms with E-state index in [-0.39, 0.29) is 0 Å². The molecular formula is C21H34N2O2S2. The van der Waals surface area contributed by atoms with Crippen LogP contribution >= 0.6 is 23.5 Å². The van der Waals surface area contributed by atoms with Crippen molar-refractivity contribution in [3.8, 4) is 11.5 Å². The Morgan fingerprint density at radius 2 is 1.85 bits per heavy atom. The van der Waals surface area contributed by atoms with E-state index in [9.17, 15) is 0 Å². The lowest BCUT2D eigenvalue weighted by Crippen LogP contribution is -2.51. The molecule has 0 aliphatic carbocycles. The topological polar surface area (TPSA) is 24.9 Å². The first-order valence-corrected chi connectivity index (χ1v) is 12.3. The van der Waals surface area contributed by atoms with Gasteiger partial charge in [0.15, 0.2) is 11.5 Å². The van der Waals surface area contributed by atoms with Crippen LogP contribution in [0.4, 0.5) is 0 Å². The van der Waals surface area contributed by atoms with E-state index in [0.717, 1.165) is 30.5 Å². The smallest absolute Gasteiger partial charge is 0.160 e. The van der Waals surface area contributed by atoms with Crippen molar-refractivity contribution in [3.63, 3.8) is 0 Å². The average Bonchev–Trinajstić information content (AvgIpc) is 3.01. The lowest BCUT2D eigenvalue weighted by atomic mass is 10.0. The number of benzene rings is 1. The largest absolute Gasteiger partial charge is 0.493 e. The quantitative estimate of drug-likeness (QED) is 0.682. The molecule has 0 N–H and O–H groups in total. The van der Waals surface area contributed by atoms with Crippen LogP contribution in [-0.2, 0) is 6.42 Å². The van der Waals surface area contributed by atoms with Crippen molar-refractivity contribution in [1.29, 1.82) is 0 Å². The second kappa shape index (κ2) is 10.8. The van der Waals surface area contributed by atoms with Gasteiger partial charge in [-0.1, -0.05) is 6.07 Å². The highest BCUT2D eigenvalue weighted by Crippen LogP contribution is 2.28. The van der Waals surface area contributed by atoms with Crippen LogP contribution < -0.4 is 9.47 Å². The zero-order chi connectivity index (χ0) is 19.1. The molecule has 0 spiro atoms. The Bertz CT molecular complexity index is 579. The summed E-state index contributed by atoms with van der Waals surface area (Å²) in [6, 6.07) is 7.72. The first-order valence-electron chi connectivity index (χ1n) is 10.0. The van der Waals surface area contributed by atoms with Crippen LogP contribution in [0.3, 0.4) is 0 Å². The molecule has 1 aromatic carbocycles. The van der Waals surface area contributed by atoms with Gasteiger partial charge in [-0.15, -0.1) is 0 Å². The number of likely N-dealkylation sites (N-methyl/N-ethyl adjacent to an activating group) is 1. The summed E-state index contributed by atoms with van der Waals surface area (Å²) in [7, 11) is 5.69. The van der Waals surface area contributed by atoms with E-state index in [2.05, 4.69) is 52.5 Å². The molecule has 2 saturated heterocycles. The summed E-state index contributed by atoms with van der Waals surface area (Å²) >= 11 is 4.29. The Labute approximate surface area is 173 Å². The van der Waals surface area contributed by atoms with Gasteiger partial charge in [0.1, 0.15) is 0 Å². The zero-order valence-electron chi connectivity index (χ0n) is 17.0. The van der Waals surface area contributed by atoms with E-state index in [1.165, 1.54) is 54.5 Å². The average molecular weight is 411 g/mol. The molecule has 2 aliphatic heterocycles. The molecule has 2 fully saturated rings. The van der Waals surface area contributed by atoms with Crippen LogP contribution in [0.2, 0.25) is 0 Å². The van der Waals surface area contributed by atoms with Crippen molar-refractivity contribution in [3.05, 3.63) is 23.8 Å². The lowest BCUT2D eigenvalue weighted by Gasteiger charge is -2.41. The van der Waals surface area contributed by atoms with Crippen LogP contribution in [0, 0.1) is 0 Å². The van der Waals surface area contributed by atoms with Gasteiger partial charge >= 0.3 is 0 Å². The number of ether oxygens (including phenoxy) is 2. The van der Waals surface area contributed by atoms with Crippen molar-refractivity contribution in [1.82, 2.24) is 9.80 Å². The highest BCUT2D eigenvalue weighted by atomic mass is 32.2. The van der Waals surface area contributed by atoms with Gasteiger partial charge in [-0.05, 0) is 50.6 Å². The molecule has 2 heterocycles. The molecule has 6 heteroatoms. The van der Waals surface area contributed by atoms with Crippen LogP contribution in [0.1, 0.15) is 18.4 Å². The molecule has 1 aromatic rings. The number of hydrogen-bond acceptors (Lipinski definition) is 6. The normalized spacial score (nSPS) is 22.6. The maximum atomic E-state index is 5.44. The van der Waals surface area contributed by atoms with Crippen LogP contribution in [-0.4, -0.2) is 85.8 Å². The molecule has 2 aliphatic rings. The van der Waals surface area contributed by atoms with Crippen molar-refractivity contribution in [2.24, 2.45) is 0 Å². The number of thioether (sulfide) groups is 2. The SMILES string of the molecule is COc1ccc(CCN(C)[C@H]2CCCN(C3CSCCSC3)C2)cc1OC. The van der Waals surface area contributed by atoms with E-state index in [1.807, 2.05) is 6.07 Å². The maximum absolute atomic E-state index is 5.44. The Morgan fingerprint density at radius 1 is 1.11 bits per heavy atom. The first kappa shape index (κ1) is 21.2. The van der Waals surface area contributed by atoms with Crippen LogP contribution in [0.25, 0.3) is 0 Å². The van der Waals surface area contributed by atoms with Gasteiger partial charge in [-0.3, -0.25) is 4.90 Å². The fourth-order valence-electron chi connectivity index (χ4n) is 4.01. The van der Waals surface area contributed by atoms with Gasteiger partial charge in [0.25, 0.3) is 0 Å². The van der Waals surface area contributed by atoms with Gasteiger partial charge in [0, 0.05) is 48.2 Å². The Morgan fingerprint density at radius 3 is 2.56 bits per heavy atom. The standard InChI is InChI=1S/C21H34N2O2S2/c1-22(10-8-17-6-7-20(24-2)21(13-17)25-3)18-5-4-9-23(14-18)19-15-26-11-12-27-16-19/h6-7,13,18-19H,4-5,8-12,14-16H2,1-3H3/t18-/m0/s1. The predicted octanol–water partition coefficient (Wildman–Crippen LogP) is 3.49. The zero-order valence-corrected chi connectivity index (χ0v) is 18.6. The molecule has 0 aromatic heterocycles. The number of hydrogen-bond donors (Lipinski definition) is 0. The van der Waals surface area contributed by atoms with E-state index >= 15 is 0 Å². The summed E-state index contributed by atoms with van der Waals surface area (Å²) in [6.07, 6.45) is 3.70. The third kappa shape index (κ3) is 5.96. The number of rotatable bonds is 7. The monoisotopic (exact) mass is 410 g/mol. The van der Waals surface area contributed by atoms with Crippen molar-refractivity contribution < 1.29 is 9.47 Å². The van der Waals surface area contributed by atoms with E-state index in [1.54, 1.807) is 14.2 Å². The molecular weight excluding hydrogens is 376 g/mol. The molecule has 0 amide bonds. The van der Waals surface area contributed by atoms with Gasteiger partial charge in [-0.2, -0.15) is 23.5 Å². The van der Waals surface area contributed by atoms with Gasteiger partial charge in [0.2, 0.25) is 0 Å². The third-order valence-corrected chi connectivity index (χ3v) is 8.25. The maximum Gasteiger partial charge on any atom is 0.160 e. The van der Waals surface area contributed by atoms with E-state index in [4.69, 9.17) is 9.47 Å². The molecule has 1 atom stereocenters. The van der Waals surface area contributed by atoms with E-state index < -0.39 is 0 Å². The molecule has 27 heavy (non-hydrogen) atoms. The molecule has 0 unspecified atom stereocenters. The summed E-state index contributed by atoms with van der Waals surface area (Å²) in [5.41, 5.74) is 1.31. The summed E-state index contributed by atoms with van der Waals surface area (Å²) in [6.45, 7) is 3.60. The predicted molar refractivity (Wildman–Crippen MR) is 119 cm³/mol. The number of nitrogens with zero attached hydrogens (tertiary/aromatic N) is 2. The molecule has 4 nitrogen and oxygen atoms in total. The molecule has 3 rings (SSSR count). The first-order chi connectivity index (χ1) is 13.2. The summed E-state index contributed by atoms with van der Waals surface area (Å²) in [5.74, 6) is 6.90. The minimum absolute atomic E-state index is 0.678. The molecule has 0 bridgehead atoms. The number of methoxy groups -OCH3 is 2. The van der Waals surface area contributed by atoms with E-state index in [0.29, 0.717) is 6.04 Å². The fraction of sp³-hybridized carbons (Fsp3) is 0.714. The Hall–Kier alpha value is -0.560. The third-order valence-electron chi connectivity index (χ3n) is 5.76. The molecule has 0 saturated carbocycles. The van der Waals surface area contributed by atoms with Crippen LogP contribution in [0.15, 0.2) is 18.2 Å². The minimum Gasteiger partial charge on any atom is -0.493 e. The lowest BCUT2D eigenvalue weighted by molar-refractivity contribution is 0.0986. The van der Waals surface area contributed by atoms with Crippen molar-refractivity contribution in [2.45, 2.75) is 31.3 Å². The Balaban J connectivity index is 1.52. The van der Waals surface area contributed by atoms with Crippen molar-refractivity contribution in [2.75, 3.05) is 63.9 Å². The fourth-order valence-corrected chi connectivity index (χ4v) is 6.64. The summed E-state index contributed by atoms with van der Waals surface area (Å²) in [5, 5.41) is 0. The Kier molecular flexibility index (Phi) is 8.49. The second-order valence-electron chi connectivity index (χ2n) is 7.51. The second-order valence-corrected chi connectivity index (χ2v) is 9.81. The summed E-state index contributed by atoms with van der Waals surface area (Å²) < 4.78 is 10.8. The number of likely N-dealkylation sites (tertiary alicyclic amines) is 1.